The van der Waals surface area contributed by atoms with E-state index >= 15 is 0 Å². The molecule has 0 aromatic heterocycles. The Balaban J connectivity index is 3.74. The molecular formula is C7H13O5P. The number of esters is 1. The predicted octanol–water partition coefficient (Wildman–Crippen LogP) is 0.630. The lowest BCUT2D eigenvalue weighted by Crippen LogP contribution is -2.04. The highest BCUT2D eigenvalue weighted by Crippen LogP contribution is 2.23. The monoisotopic (exact) mass is 208 g/mol. The molecule has 5 nitrogen and oxygen atoms in total. The van der Waals surface area contributed by atoms with Crippen LogP contribution in [0.3, 0.4) is 0 Å². The SMILES string of the molecule is COC[PH](=O)C(=O)CCC(=O)OC. The molecule has 0 bridgehead atoms. The van der Waals surface area contributed by atoms with Crippen LogP contribution < -0.4 is 0 Å². The number of carbonyl (C=O) groups is 2. The molecule has 0 heterocycles. The zero-order valence-corrected chi connectivity index (χ0v) is 8.66. The van der Waals surface area contributed by atoms with Gasteiger partial charge in [-0.25, -0.2) is 0 Å². The van der Waals surface area contributed by atoms with Gasteiger partial charge in [-0.05, 0) is 0 Å². The molecule has 0 radical (unpaired) electrons. The summed E-state index contributed by atoms with van der Waals surface area (Å²) in [6.45, 7) is 0. The Morgan fingerprint density at radius 1 is 1.23 bits per heavy atom. The topological polar surface area (TPSA) is 69.7 Å². The summed E-state index contributed by atoms with van der Waals surface area (Å²) >= 11 is 0. The van der Waals surface area contributed by atoms with Crippen molar-refractivity contribution in [2.75, 3.05) is 20.6 Å². The Kier molecular flexibility index (Phi) is 6.45. The third-order valence-electron chi connectivity index (χ3n) is 1.37. The van der Waals surface area contributed by atoms with Crippen molar-refractivity contribution >= 4 is 19.3 Å². The highest BCUT2D eigenvalue weighted by atomic mass is 31.1. The molecule has 0 aliphatic carbocycles. The van der Waals surface area contributed by atoms with E-state index in [9.17, 15) is 14.2 Å². The van der Waals surface area contributed by atoms with E-state index in [2.05, 4.69) is 9.47 Å². The van der Waals surface area contributed by atoms with E-state index < -0.39 is 19.3 Å². The normalized spacial score (nSPS) is 12.2. The van der Waals surface area contributed by atoms with Crippen LogP contribution >= 0.6 is 7.80 Å². The molecule has 13 heavy (non-hydrogen) atoms. The van der Waals surface area contributed by atoms with Crippen molar-refractivity contribution in [3.63, 3.8) is 0 Å². The molecule has 1 unspecified atom stereocenters. The van der Waals surface area contributed by atoms with E-state index in [4.69, 9.17) is 0 Å². The maximum absolute atomic E-state index is 11.0. The molecule has 0 aliphatic heterocycles. The lowest BCUT2D eigenvalue weighted by Gasteiger charge is -1.99. The molecule has 6 heteroatoms. The van der Waals surface area contributed by atoms with E-state index in [0.29, 0.717) is 0 Å². The second kappa shape index (κ2) is 6.80. The largest absolute Gasteiger partial charge is 0.469 e. The third kappa shape index (κ3) is 5.55. The highest BCUT2D eigenvalue weighted by molar-refractivity contribution is 7.63. The smallest absolute Gasteiger partial charge is 0.305 e. The van der Waals surface area contributed by atoms with Gasteiger partial charge in [0.05, 0.1) is 13.5 Å². The number of ether oxygens (including phenoxy) is 2. The summed E-state index contributed by atoms with van der Waals surface area (Å²) < 4.78 is 19.9. The molecule has 0 amide bonds. The molecule has 0 fully saturated rings. The fraction of sp³-hybridized carbons (Fsp3) is 0.714. The second-order valence-electron chi connectivity index (χ2n) is 2.36. The Hall–Kier alpha value is -0.670. The van der Waals surface area contributed by atoms with Gasteiger partial charge in [0, 0.05) is 13.5 Å². The molecule has 0 aromatic rings. The summed E-state index contributed by atoms with van der Waals surface area (Å²) in [5, 5.41) is 0. The molecule has 1 atom stereocenters. The van der Waals surface area contributed by atoms with Crippen LogP contribution in [0.5, 0.6) is 0 Å². The molecule has 76 valence electrons. The maximum Gasteiger partial charge on any atom is 0.305 e. The molecule has 0 aliphatic rings. The van der Waals surface area contributed by atoms with E-state index in [-0.39, 0.29) is 19.2 Å². The number of hydrogen-bond donors (Lipinski definition) is 0. The van der Waals surface area contributed by atoms with Crippen molar-refractivity contribution in [2.24, 2.45) is 0 Å². The van der Waals surface area contributed by atoms with Crippen LogP contribution in [0, 0.1) is 0 Å². The van der Waals surface area contributed by atoms with Gasteiger partial charge in [-0.1, -0.05) is 0 Å². The minimum Gasteiger partial charge on any atom is -0.469 e. The van der Waals surface area contributed by atoms with Crippen LogP contribution in [0.15, 0.2) is 0 Å². The number of hydrogen-bond acceptors (Lipinski definition) is 5. The highest BCUT2D eigenvalue weighted by Gasteiger charge is 2.12. The van der Waals surface area contributed by atoms with E-state index in [1.165, 1.54) is 14.2 Å². The number of methoxy groups -OCH3 is 2. The average molecular weight is 208 g/mol. The van der Waals surface area contributed by atoms with Gasteiger partial charge in [0.15, 0.2) is 13.3 Å². The summed E-state index contributed by atoms with van der Waals surface area (Å²) in [5.41, 5.74) is -0.419. The Labute approximate surface area is 77.2 Å². The van der Waals surface area contributed by atoms with Crippen molar-refractivity contribution in [2.45, 2.75) is 12.8 Å². The fourth-order valence-electron chi connectivity index (χ4n) is 0.669. The van der Waals surface area contributed by atoms with Crippen LogP contribution in [0.1, 0.15) is 12.8 Å². The van der Waals surface area contributed by atoms with Crippen molar-refractivity contribution in [1.29, 1.82) is 0 Å². The molecule has 0 N–H and O–H groups in total. The lowest BCUT2D eigenvalue weighted by atomic mass is 10.3. The zero-order chi connectivity index (χ0) is 10.3. The van der Waals surface area contributed by atoms with Gasteiger partial charge in [0.2, 0.25) is 0 Å². The maximum atomic E-state index is 11.0. The molecular weight excluding hydrogens is 195 g/mol. The van der Waals surface area contributed by atoms with Gasteiger partial charge in [-0.15, -0.1) is 0 Å². The molecule has 0 rings (SSSR count). The first-order valence-corrected chi connectivity index (χ1v) is 5.35. The van der Waals surface area contributed by atoms with Crippen molar-refractivity contribution in [1.82, 2.24) is 0 Å². The van der Waals surface area contributed by atoms with Crippen molar-refractivity contribution in [3.05, 3.63) is 0 Å². The van der Waals surface area contributed by atoms with Crippen LogP contribution in [0.4, 0.5) is 0 Å². The quantitative estimate of drug-likeness (QED) is 0.473. The number of carbonyl (C=O) groups excluding carboxylic acids is 2. The minimum atomic E-state index is -2.34. The Morgan fingerprint density at radius 3 is 2.31 bits per heavy atom. The molecule has 0 aromatic carbocycles. The fourth-order valence-corrected chi connectivity index (χ4v) is 1.50. The van der Waals surface area contributed by atoms with Gasteiger partial charge in [-0.2, -0.15) is 0 Å². The van der Waals surface area contributed by atoms with Gasteiger partial charge in [0.1, 0.15) is 6.35 Å². The molecule has 0 saturated heterocycles. The summed E-state index contributed by atoms with van der Waals surface area (Å²) in [4.78, 5) is 21.6. The van der Waals surface area contributed by atoms with Crippen LogP contribution in [-0.4, -0.2) is 32.1 Å². The van der Waals surface area contributed by atoms with Gasteiger partial charge < -0.3 is 14.0 Å². The van der Waals surface area contributed by atoms with Gasteiger partial charge in [0.25, 0.3) is 0 Å². The first-order chi connectivity index (χ1) is 6.11. The Morgan fingerprint density at radius 2 is 1.85 bits per heavy atom. The molecule has 0 spiro atoms. The standard InChI is InChI=1S/C7H13O5P/c1-11-5-13(10)7(9)4-3-6(8)12-2/h13H,3-5H2,1-2H3. The van der Waals surface area contributed by atoms with Gasteiger partial charge in [-0.3, -0.25) is 9.59 Å². The average Bonchev–Trinajstić information content (AvgIpc) is 2.13. The second-order valence-corrected chi connectivity index (χ2v) is 4.05. The van der Waals surface area contributed by atoms with Crippen molar-refractivity contribution in [3.8, 4) is 0 Å². The summed E-state index contributed by atoms with van der Waals surface area (Å²) in [5.74, 6) is -0.472. The van der Waals surface area contributed by atoms with Crippen LogP contribution in [0.25, 0.3) is 0 Å². The summed E-state index contributed by atoms with van der Waals surface area (Å²) in [6.07, 6.45) is -0.103. The van der Waals surface area contributed by atoms with E-state index in [1.807, 2.05) is 0 Å². The van der Waals surface area contributed by atoms with Gasteiger partial charge >= 0.3 is 5.97 Å². The third-order valence-corrected chi connectivity index (χ3v) is 2.79. The van der Waals surface area contributed by atoms with E-state index in [1.54, 1.807) is 0 Å². The first-order valence-electron chi connectivity index (χ1n) is 3.73. The minimum absolute atomic E-state index is 0.0184. The lowest BCUT2D eigenvalue weighted by molar-refractivity contribution is -0.141. The van der Waals surface area contributed by atoms with Crippen LogP contribution in [-0.2, 0) is 23.6 Å². The van der Waals surface area contributed by atoms with E-state index in [0.717, 1.165) is 0 Å². The number of rotatable bonds is 6. The van der Waals surface area contributed by atoms with Crippen molar-refractivity contribution < 1.29 is 23.6 Å². The summed E-state index contributed by atoms with van der Waals surface area (Å²) in [6, 6.07) is 0. The zero-order valence-electron chi connectivity index (χ0n) is 7.66. The Bertz CT molecular complexity index is 213. The predicted molar refractivity (Wildman–Crippen MR) is 47.1 cm³/mol. The van der Waals surface area contributed by atoms with Crippen LogP contribution in [0.2, 0.25) is 0 Å². The molecule has 0 saturated carbocycles. The summed E-state index contributed by atoms with van der Waals surface area (Å²) in [7, 11) is 0.272. The first kappa shape index (κ1) is 12.3.